The molecule has 6 heteroatoms. The number of hydrogen-bond donors (Lipinski definition) is 1. The van der Waals surface area contributed by atoms with E-state index in [9.17, 15) is 9.59 Å². The lowest BCUT2D eigenvalue weighted by molar-refractivity contribution is -0.146. The molecule has 0 fully saturated rings. The van der Waals surface area contributed by atoms with Crippen molar-refractivity contribution in [1.82, 2.24) is 4.98 Å². The molecule has 0 spiro atoms. The first-order valence-corrected chi connectivity index (χ1v) is 8.70. The summed E-state index contributed by atoms with van der Waals surface area (Å²) in [7, 11) is 0. The molecule has 0 aliphatic rings. The summed E-state index contributed by atoms with van der Waals surface area (Å²) in [4.78, 5) is 27.7. The SMILES string of the molecule is O=C(COC(=O)Cc1ccc(-c2ccccc2)cc1)Nc1cccnc1Cl. The Morgan fingerprint density at radius 2 is 1.63 bits per heavy atom. The third-order valence-electron chi connectivity index (χ3n) is 3.81. The Bertz CT molecular complexity index is 928. The van der Waals surface area contributed by atoms with Gasteiger partial charge in [0.15, 0.2) is 11.8 Å². The van der Waals surface area contributed by atoms with E-state index < -0.39 is 11.9 Å². The number of aromatic nitrogens is 1. The van der Waals surface area contributed by atoms with Crippen molar-refractivity contribution in [3.8, 4) is 11.1 Å². The second-order valence-electron chi connectivity index (χ2n) is 5.79. The lowest BCUT2D eigenvalue weighted by Crippen LogP contribution is -2.21. The summed E-state index contributed by atoms with van der Waals surface area (Å²) < 4.78 is 5.02. The van der Waals surface area contributed by atoms with Gasteiger partial charge in [-0.3, -0.25) is 9.59 Å². The van der Waals surface area contributed by atoms with Gasteiger partial charge in [0.1, 0.15) is 0 Å². The monoisotopic (exact) mass is 380 g/mol. The smallest absolute Gasteiger partial charge is 0.310 e. The fourth-order valence-electron chi connectivity index (χ4n) is 2.47. The zero-order valence-electron chi connectivity index (χ0n) is 14.4. The average Bonchev–Trinajstić information content (AvgIpc) is 2.69. The van der Waals surface area contributed by atoms with Crippen molar-refractivity contribution >= 4 is 29.2 Å². The second kappa shape index (κ2) is 8.96. The number of halogens is 1. The Balaban J connectivity index is 1.49. The second-order valence-corrected chi connectivity index (χ2v) is 6.15. The van der Waals surface area contributed by atoms with Crippen molar-refractivity contribution < 1.29 is 14.3 Å². The minimum atomic E-state index is -0.477. The molecule has 136 valence electrons. The fraction of sp³-hybridized carbons (Fsp3) is 0.0952. The van der Waals surface area contributed by atoms with Gasteiger partial charge >= 0.3 is 5.97 Å². The summed E-state index contributed by atoms with van der Waals surface area (Å²) in [5.41, 5.74) is 3.37. The van der Waals surface area contributed by atoms with Gasteiger partial charge in [-0.25, -0.2) is 4.98 Å². The number of esters is 1. The minimum absolute atomic E-state index is 0.0933. The van der Waals surface area contributed by atoms with Crippen LogP contribution in [0.1, 0.15) is 5.56 Å². The number of carbonyl (C=O) groups excluding carboxylic acids is 2. The molecular formula is C21H17ClN2O3. The number of nitrogens with zero attached hydrogens (tertiary/aromatic N) is 1. The van der Waals surface area contributed by atoms with Crippen molar-refractivity contribution in [1.29, 1.82) is 0 Å². The fourth-order valence-corrected chi connectivity index (χ4v) is 2.64. The van der Waals surface area contributed by atoms with Crippen molar-refractivity contribution in [3.63, 3.8) is 0 Å². The molecule has 0 saturated heterocycles. The summed E-state index contributed by atoms with van der Waals surface area (Å²) in [6.45, 7) is -0.383. The number of ether oxygens (including phenoxy) is 1. The quantitative estimate of drug-likeness (QED) is 0.515. The van der Waals surface area contributed by atoms with Gasteiger partial charge in [0, 0.05) is 6.20 Å². The van der Waals surface area contributed by atoms with Crippen LogP contribution in [0.2, 0.25) is 5.15 Å². The maximum Gasteiger partial charge on any atom is 0.310 e. The van der Waals surface area contributed by atoms with E-state index in [1.807, 2.05) is 54.6 Å². The molecule has 1 heterocycles. The number of anilines is 1. The normalized spacial score (nSPS) is 10.3. The number of pyridine rings is 1. The van der Waals surface area contributed by atoms with Crippen LogP contribution in [-0.2, 0) is 20.7 Å². The van der Waals surface area contributed by atoms with Gasteiger partial charge in [-0.15, -0.1) is 0 Å². The van der Waals surface area contributed by atoms with Crippen molar-refractivity contribution in [3.05, 3.63) is 83.6 Å². The highest BCUT2D eigenvalue weighted by molar-refractivity contribution is 6.32. The van der Waals surface area contributed by atoms with Crippen LogP contribution in [0, 0.1) is 0 Å². The molecule has 0 atom stereocenters. The first kappa shape index (κ1) is 18.6. The average molecular weight is 381 g/mol. The predicted octanol–water partition coefficient (Wildman–Crippen LogP) is 4.13. The molecule has 27 heavy (non-hydrogen) atoms. The highest BCUT2D eigenvalue weighted by Gasteiger charge is 2.10. The van der Waals surface area contributed by atoms with Gasteiger partial charge in [0.05, 0.1) is 12.1 Å². The molecule has 5 nitrogen and oxygen atoms in total. The molecule has 0 aliphatic heterocycles. The summed E-state index contributed by atoms with van der Waals surface area (Å²) in [6.07, 6.45) is 1.61. The molecule has 0 aliphatic carbocycles. The van der Waals surface area contributed by atoms with Crippen LogP contribution in [0.4, 0.5) is 5.69 Å². The van der Waals surface area contributed by atoms with Gasteiger partial charge in [0.25, 0.3) is 5.91 Å². The molecular weight excluding hydrogens is 364 g/mol. The largest absolute Gasteiger partial charge is 0.455 e. The van der Waals surface area contributed by atoms with E-state index in [1.165, 1.54) is 6.20 Å². The van der Waals surface area contributed by atoms with Crippen LogP contribution in [-0.4, -0.2) is 23.5 Å². The standard InChI is InChI=1S/C21H17ClN2O3/c22-21-18(7-4-12-23-21)24-19(25)14-27-20(26)13-15-8-10-17(11-9-15)16-5-2-1-3-6-16/h1-12H,13-14H2,(H,24,25). The molecule has 0 unspecified atom stereocenters. The molecule has 0 bridgehead atoms. The van der Waals surface area contributed by atoms with Gasteiger partial charge < -0.3 is 10.1 Å². The molecule has 1 aromatic heterocycles. The molecule has 0 saturated carbocycles. The minimum Gasteiger partial charge on any atom is -0.455 e. The maximum atomic E-state index is 12.0. The number of amides is 1. The number of carbonyl (C=O) groups is 2. The maximum absolute atomic E-state index is 12.0. The highest BCUT2D eigenvalue weighted by Crippen LogP contribution is 2.19. The van der Waals surface area contributed by atoms with E-state index in [-0.39, 0.29) is 18.2 Å². The van der Waals surface area contributed by atoms with Crippen LogP contribution in [0.15, 0.2) is 72.9 Å². The van der Waals surface area contributed by atoms with E-state index in [4.69, 9.17) is 16.3 Å². The third-order valence-corrected chi connectivity index (χ3v) is 4.11. The van der Waals surface area contributed by atoms with Crippen LogP contribution in [0.5, 0.6) is 0 Å². The summed E-state index contributed by atoms with van der Waals surface area (Å²) in [5, 5.41) is 2.72. The zero-order chi connectivity index (χ0) is 19.1. The van der Waals surface area contributed by atoms with Gasteiger partial charge in [-0.2, -0.15) is 0 Å². The van der Waals surface area contributed by atoms with Gasteiger partial charge in [0.2, 0.25) is 0 Å². The Kier molecular flexibility index (Phi) is 6.18. The van der Waals surface area contributed by atoms with E-state index in [0.29, 0.717) is 5.69 Å². The highest BCUT2D eigenvalue weighted by atomic mass is 35.5. The number of benzene rings is 2. The van der Waals surface area contributed by atoms with Crippen LogP contribution >= 0.6 is 11.6 Å². The van der Waals surface area contributed by atoms with Crippen molar-refractivity contribution in [2.45, 2.75) is 6.42 Å². The van der Waals surface area contributed by atoms with Crippen LogP contribution in [0.3, 0.4) is 0 Å². The Labute approximate surface area is 162 Å². The van der Waals surface area contributed by atoms with Gasteiger partial charge in [-0.1, -0.05) is 66.2 Å². The molecule has 3 rings (SSSR count). The summed E-state index contributed by atoms with van der Waals surface area (Å²) >= 11 is 5.86. The predicted molar refractivity (Wildman–Crippen MR) is 104 cm³/mol. The third kappa shape index (κ3) is 5.39. The van der Waals surface area contributed by atoms with Crippen molar-refractivity contribution in [2.75, 3.05) is 11.9 Å². The first-order chi connectivity index (χ1) is 13.1. The van der Waals surface area contributed by atoms with E-state index >= 15 is 0 Å². The molecule has 3 aromatic rings. The topological polar surface area (TPSA) is 68.3 Å². The number of hydrogen-bond acceptors (Lipinski definition) is 4. The van der Waals surface area contributed by atoms with Crippen LogP contribution < -0.4 is 5.32 Å². The molecule has 0 radical (unpaired) electrons. The summed E-state index contributed by atoms with van der Waals surface area (Å²) in [5.74, 6) is -0.951. The van der Waals surface area contributed by atoms with E-state index in [0.717, 1.165) is 16.7 Å². The van der Waals surface area contributed by atoms with Crippen LogP contribution in [0.25, 0.3) is 11.1 Å². The zero-order valence-corrected chi connectivity index (χ0v) is 15.1. The van der Waals surface area contributed by atoms with E-state index in [1.54, 1.807) is 12.1 Å². The first-order valence-electron chi connectivity index (χ1n) is 8.32. The molecule has 1 amide bonds. The Hall–Kier alpha value is -3.18. The molecule has 1 N–H and O–H groups in total. The Morgan fingerprint density at radius 1 is 0.926 bits per heavy atom. The lowest BCUT2D eigenvalue weighted by Gasteiger charge is -2.08. The molecule has 2 aromatic carbocycles. The number of nitrogens with one attached hydrogen (secondary N) is 1. The lowest BCUT2D eigenvalue weighted by atomic mass is 10.0. The number of rotatable bonds is 6. The van der Waals surface area contributed by atoms with Crippen molar-refractivity contribution in [2.24, 2.45) is 0 Å². The Morgan fingerprint density at radius 3 is 2.33 bits per heavy atom. The summed E-state index contributed by atoms with van der Waals surface area (Å²) in [6, 6.07) is 20.9. The van der Waals surface area contributed by atoms with E-state index in [2.05, 4.69) is 10.3 Å². The van der Waals surface area contributed by atoms with Gasteiger partial charge in [-0.05, 0) is 28.8 Å².